The van der Waals surface area contributed by atoms with Gasteiger partial charge in [0.25, 0.3) is 0 Å². The van der Waals surface area contributed by atoms with Crippen LogP contribution in [0.3, 0.4) is 0 Å². The molecule has 9 heteroatoms. The Balaban J connectivity index is 1.23. The molecule has 0 bridgehead atoms. The van der Waals surface area contributed by atoms with Gasteiger partial charge in [0.2, 0.25) is 5.88 Å². The minimum atomic E-state index is 0.0409. The number of anilines is 2. The van der Waals surface area contributed by atoms with Crippen molar-refractivity contribution in [1.82, 2.24) is 15.3 Å². The maximum absolute atomic E-state index is 6.05. The van der Waals surface area contributed by atoms with E-state index in [-0.39, 0.29) is 6.10 Å². The highest BCUT2D eigenvalue weighted by Crippen LogP contribution is 2.26. The molecule has 1 aromatic heterocycles. The first-order chi connectivity index (χ1) is 16.3. The number of nitrogens with one attached hydrogen (secondary N) is 2. The van der Waals surface area contributed by atoms with Crippen LogP contribution in [0.2, 0.25) is 0 Å². The predicted octanol–water partition coefficient (Wildman–Crippen LogP) is 1.84. The number of ether oxygens (including phenoxy) is 4. The number of fused-ring (bicyclic) bond motifs is 1. The number of allylic oxidation sites excluding steroid dienone is 3. The minimum Gasteiger partial charge on any atom is -0.489 e. The fourth-order valence-corrected chi connectivity index (χ4v) is 4.12. The molecule has 1 atom stereocenters. The summed E-state index contributed by atoms with van der Waals surface area (Å²) in [4.78, 5) is 9.30. The lowest BCUT2D eigenvalue weighted by Gasteiger charge is -2.29. The lowest BCUT2D eigenvalue weighted by atomic mass is 10.0. The van der Waals surface area contributed by atoms with E-state index in [2.05, 4.69) is 31.7 Å². The molecule has 4 heterocycles. The molecule has 2 N–H and O–H groups in total. The molecule has 0 amide bonds. The first kappa shape index (κ1) is 21.8. The van der Waals surface area contributed by atoms with Crippen LogP contribution in [0, 0.1) is 0 Å². The zero-order valence-corrected chi connectivity index (χ0v) is 18.7. The number of rotatable bonds is 8. The van der Waals surface area contributed by atoms with Crippen molar-refractivity contribution in [2.45, 2.75) is 6.10 Å². The van der Waals surface area contributed by atoms with Gasteiger partial charge < -0.3 is 29.3 Å². The molecule has 2 saturated heterocycles. The zero-order valence-electron chi connectivity index (χ0n) is 18.7. The van der Waals surface area contributed by atoms with Gasteiger partial charge in [0.1, 0.15) is 12.7 Å². The van der Waals surface area contributed by atoms with Crippen LogP contribution >= 0.6 is 0 Å². The third-order valence-electron chi connectivity index (χ3n) is 5.97. The summed E-state index contributed by atoms with van der Waals surface area (Å²) >= 11 is 0. The van der Waals surface area contributed by atoms with Crippen LogP contribution < -0.4 is 20.5 Å². The minimum absolute atomic E-state index is 0.0409. The van der Waals surface area contributed by atoms with E-state index in [0.29, 0.717) is 18.3 Å². The summed E-state index contributed by atoms with van der Waals surface area (Å²) in [6, 6.07) is 4.04. The molecule has 1 unspecified atom stereocenters. The standard InChI is InChI=1S/C24H31N5O4/c1-2-22-20(3-9-32-22)15-19(1)18-25-27-23-16-21(29-7-12-31-13-8-29)17-24(26-23)33-14-6-28-4-10-30-11-5-28/h1-3,9,15-18,22,25H,4-8,10-14H2,(H,26,27). The van der Waals surface area contributed by atoms with E-state index in [1.165, 1.54) is 0 Å². The summed E-state index contributed by atoms with van der Waals surface area (Å²) < 4.78 is 22.5. The molecule has 1 aliphatic carbocycles. The fraction of sp³-hybridized carbons (Fsp3) is 0.458. The smallest absolute Gasteiger partial charge is 0.217 e. The number of pyridine rings is 1. The van der Waals surface area contributed by atoms with Crippen molar-refractivity contribution in [2.75, 3.05) is 76.1 Å². The van der Waals surface area contributed by atoms with E-state index in [1.807, 2.05) is 36.6 Å². The highest BCUT2D eigenvalue weighted by Gasteiger charge is 2.18. The molecule has 4 aliphatic rings. The molecule has 1 aromatic rings. The molecular formula is C24H31N5O4. The van der Waals surface area contributed by atoms with Gasteiger partial charge >= 0.3 is 0 Å². The Morgan fingerprint density at radius 3 is 2.73 bits per heavy atom. The average Bonchev–Trinajstić information content (AvgIpc) is 3.33. The second-order valence-corrected chi connectivity index (χ2v) is 8.23. The zero-order chi connectivity index (χ0) is 22.3. The first-order valence-corrected chi connectivity index (χ1v) is 11.5. The Bertz CT molecular complexity index is 933. The number of hydrogen-bond donors (Lipinski definition) is 2. The predicted molar refractivity (Wildman–Crippen MR) is 126 cm³/mol. The molecule has 0 radical (unpaired) electrons. The van der Waals surface area contributed by atoms with Crippen molar-refractivity contribution in [1.29, 1.82) is 0 Å². The number of hydrogen-bond acceptors (Lipinski definition) is 9. The number of nitrogens with zero attached hydrogens (tertiary/aromatic N) is 3. The van der Waals surface area contributed by atoms with Gasteiger partial charge in [-0.3, -0.25) is 10.3 Å². The third kappa shape index (κ3) is 5.87. The van der Waals surface area contributed by atoms with Crippen LogP contribution in [0.4, 0.5) is 11.5 Å². The highest BCUT2D eigenvalue weighted by atomic mass is 16.5. The Morgan fingerprint density at radius 1 is 1.06 bits per heavy atom. The SMILES string of the molecule is C1=CC2=CC(=CNNc3cc(N4CCOCC4)cc(OCCN4CCOCC4)n3)C=CC2O1. The number of morpholine rings is 2. The van der Waals surface area contributed by atoms with Crippen molar-refractivity contribution in [2.24, 2.45) is 0 Å². The van der Waals surface area contributed by atoms with Crippen LogP contribution in [-0.4, -0.2) is 81.7 Å². The quantitative estimate of drug-likeness (QED) is 0.573. The average molecular weight is 454 g/mol. The van der Waals surface area contributed by atoms with E-state index in [9.17, 15) is 0 Å². The largest absolute Gasteiger partial charge is 0.489 e. The molecular weight excluding hydrogens is 422 g/mol. The van der Waals surface area contributed by atoms with Gasteiger partial charge in [-0.15, -0.1) is 0 Å². The highest BCUT2D eigenvalue weighted by molar-refractivity contribution is 5.57. The first-order valence-electron chi connectivity index (χ1n) is 11.5. The van der Waals surface area contributed by atoms with Crippen molar-refractivity contribution in [3.05, 3.63) is 60.0 Å². The maximum atomic E-state index is 6.05. The monoisotopic (exact) mass is 453 g/mol. The van der Waals surface area contributed by atoms with Crippen LogP contribution in [0.5, 0.6) is 5.88 Å². The summed E-state index contributed by atoms with van der Waals surface area (Å²) in [7, 11) is 0. The van der Waals surface area contributed by atoms with Crippen LogP contribution in [0.25, 0.3) is 0 Å². The van der Waals surface area contributed by atoms with Crippen LogP contribution in [0.1, 0.15) is 0 Å². The molecule has 176 valence electrons. The van der Waals surface area contributed by atoms with Crippen molar-refractivity contribution in [3.8, 4) is 5.88 Å². The molecule has 0 saturated carbocycles. The Kier molecular flexibility index (Phi) is 7.10. The molecule has 33 heavy (non-hydrogen) atoms. The van der Waals surface area contributed by atoms with Gasteiger partial charge in [-0.25, -0.2) is 0 Å². The Hall–Kier alpha value is -3.01. The number of hydrazine groups is 1. The fourth-order valence-electron chi connectivity index (χ4n) is 4.12. The number of aromatic nitrogens is 1. The van der Waals surface area contributed by atoms with Gasteiger partial charge in [-0.1, -0.05) is 6.08 Å². The second kappa shape index (κ2) is 10.7. The summed E-state index contributed by atoms with van der Waals surface area (Å²) in [5.74, 6) is 1.31. The lowest BCUT2D eigenvalue weighted by molar-refractivity contribution is 0.0320. The lowest BCUT2D eigenvalue weighted by Crippen LogP contribution is -2.38. The van der Waals surface area contributed by atoms with Crippen LogP contribution in [0.15, 0.2) is 60.0 Å². The molecule has 2 fully saturated rings. The van der Waals surface area contributed by atoms with Crippen LogP contribution in [-0.2, 0) is 14.2 Å². The summed E-state index contributed by atoms with van der Waals surface area (Å²) in [6.45, 7) is 8.07. The Morgan fingerprint density at radius 2 is 1.88 bits per heavy atom. The van der Waals surface area contributed by atoms with Gasteiger partial charge in [-0.2, -0.15) is 4.98 Å². The van der Waals surface area contributed by atoms with Gasteiger partial charge in [0.15, 0.2) is 5.82 Å². The van der Waals surface area contributed by atoms with Crippen molar-refractivity contribution < 1.29 is 18.9 Å². The normalized spacial score (nSPS) is 23.8. The van der Waals surface area contributed by atoms with Gasteiger partial charge in [0.05, 0.1) is 32.7 Å². The van der Waals surface area contributed by atoms with E-state index < -0.39 is 0 Å². The topological polar surface area (TPSA) is 80.4 Å². The van der Waals surface area contributed by atoms with Crippen molar-refractivity contribution in [3.63, 3.8) is 0 Å². The summed E-state index contributed by atoms with van der Waals surface area (Å²) in [5, 5.41) is 0. The third-order valence-corrected chi connectivity index (χ3v) is 5.97. The summed E-state index contributed by atoms with van der Waals surface area (Å²) in [5.41, 5.74) is 9.63. The van der Waals surface area contributed by atoms with Gasteiger partial charge in [0, 0.05) is 56.7 Å². The van der Waals surface area contributed by atoms with Crippen molar-refractivity contribution >= 4 is 11.5 Å². The van der Waals surface area contributed by atoms with E-state index in [4.69, 9.17) is 18.9 Å². The van der Waals surface area contributed by atoms with E-state index >= 15 is 0 Å². The molecule has 0 spiro atoms. The summed E-state index contributed by atoms with van der Waals surface area (Å²) in [6.07, 6.45) is 11.8. The molecule has 5 rings (SSSR count). The molecule has 9 nitrogen and oxygen atoms in total. The maximum Gasteiger partial charge on any atom is 0.217 e. The van der Waals surface area contributed by atoms with E-state index in [0.717, 1.165) is 76.0 Å². The van der Waals surface area contributed by atoms with Gasteiger partial charge in [-0.05, 0) is 29.4 Å². The Labute approximate surface area is 194 Å². The second-order valence-electron chi connectivity index (χ2n) is 8.23. The molecule has 3 aliphatic heterocycles. The molecule has 0 aromatic carbocycles. The van der Waals surface area contributed by atoms with E-state index in [1.54, 1.807) is 6.26 Å².